The Labute approximate surface area is 231 Å². The van der Waals surface area contributed by atoms with Gasteiger partial charge >= 0.3 is 0 Å². The molecule has 0 atom stereocenters. The predicted molar refractivity (Wildman–Crippen MR) is 155 cm³/mol. The third-order valence-electron chi connectivity index (χ3n) is 6.23. The van der Waals surface area contributed by atoms with Crippen LogP contribution in [0.2, 0.25) is 0 Å². The van der Waals surface area contributed by atoms with Crippen LogP contribution in [-0.4, -0.2) is 91.3 Å². The summed E-state index contributed by atoms with van der Waals surface area (Å²) in [5.41, 5.74) is 3.63. The highest BCUT2D eigenvalue weighted by atomic mass is 32.2. The van der Waals surface area contributed by atoms with Crippen molar-refractivity contribution in [3.05, 3.63) is 46.5 Å². The van der Waals surface area contributed by atoms with E-state index in [4.69, 9.17) is 9.72 Å². The molecule has 0 saturated heterocycles. The van der Waals surface area contributed by atoms with Crippen molar-refractivity contribution >= 4 is 33.1 Å². The lowest BCUT2D eigenvalue weighted by molar-refractivity contribution is 0.162. The third-order valence-corrected chi connectivity index (χ3v) is 8.20. The maximum Gasteiger partial charge on any atom is 0.149 e. The minimum atomic E-state index is -3.02. The number of sulfone groups is 1. The SMILES string of the molecule is CCc1c(C#N)c(SCc2ccc(N(C)CCS(C)(=O)=O)cc2)nc(N(C)CCN(C)CCOC)c1C#N. The summed E-state index contributed by atoms with van der Waals surface area (Å²) in [6.45, 7) is 5.29. The second kappa shape index (κ2) is 14.9. The number of methoxy groups -OCH3 is 1. The van der Waals surface area contributed by atoms with Crippen LogP contribution in [0.25, 0.3) is 0 Å². The molecule has 11 heteroatoms. The molecule has 0 N–H and O–H groups in total. The minimum Gasteiger partial charge on any atom is -0.383 e. The quantitative estimate of drug-likeness (QED) is 0.302. The van der Waals surface area contributed by atoms with E-state index < -0.39 is 9.84 Å². The van der Waals surface area contributed by atoms with Gasteiger partial charge in [0.05, 0.1) is 23.5 Å². The predicted octanol–water partition coefficient (Wildman–Crippen LogP) is 3.17. The molecule has 38 heavy (non-hydrogen) atoms. The fourth-order valence-corrected chi connectivity index (χ4v) is 5.35. The molecule has 0 radical (unpaired) electrons. The summed E-state index contributed by atoms with van der Waals surface area (Å²) < 4.78 is 28.1. The molecule has 2 aromatic rings. The zero-order valence-electron chi connectivity index (χ0n) is 23.2. The number of nitriles is 2. The van der Waals surface area contributed by atoms with E-state index in [1.807, 2.05) is 62.1 Å². The molecule has 0 spiro atoms. The number of likely N-dealkylation sites (N-methyl/N-ethyl adjacent to an activating group) is 2. The molecule has 1 aromatic heterocycles. The lowest BCUT2D eigenvalue weighted by Crippen LogP contribution is -2.33. The van der Waals surface area contributed by atoms with Gasteiger partial charge in [0, 0.05) is 65.1 Å². The van der Waals surface area contributed by atoms with Crippen LogP contribution in [0.3, 0.4) is 0 Å². The summed E-state index contributed by atoms with van der Waals surface area (Å²) >= 11 is 1.48. The molecule has 0 aliphatic heterocycles. The number of pyridine rings is 1. The molecule has 0 unspecified atom stereocenters. The number of ether oxygens (including phenoxy) is 1. The highest BCUT2D eigenvalue weighted by molar-refractivity contribution is 7.98. The van der Waals surface area contributed by atoms with Gasteiger partial charge in [0.2, 0.25) is 0 Å². The largest absolute Gasteiger partial charge is 0.383 e. The van der Waals surface area contributed by atoms with Crippen molar-refractivity contribution in [2.45, 2.75) is 24.1 Å². The van der Waals surface area contributed by atoms with Crippen LogP contribution in [0, 0.1) is 22.7 Å². The molecule has 0 bridgehead atoms. The first kappa shape index (κ1) is 31.4. The lowest BCUT2D eigenvalue weighted by Gasteiger charge is -2.25. The van der Waals surface area contributed by atoms with Crippen LogP contribution in [0.5, 0.6) is 0 Å². The Balaban J connectivity index is 2.23. The standard InChI is InChI=1S/C27H38N6O3S2/c1-7-23-24(18-28)26(33(4)13-12-31(2)14-16-36-5)30-27(25(23)19-29)37-20-21-8-10-22(11-9-21)32(3)15-17-38(6,34)35/h8-11H,7,12-17,20H2,1-6H3. The maximum absolute atomic E-state index is 11.5. The second-order valence-electron chi connectivity index (χ2n) is 9.27. The highest BCUT2D eigenvalue weighted by Gasteiger charge is 2.21. The normalized spacial score (nSPS) is 11.3. The van der Waals surface area contributed by atoms with E-state index in [1.54, 1.807) is 7.11 Å². The van der Waals surface area contributed by atoms with Crippen LogP contribution in [0.15, 0.2) is 29.3 Å². The third kappa shape index (κ3) is 9.17. The average Bonchev–Trinajstić information content (AvgIpc) is 2.90. The Bertz CT molecular complexity index is 1250. The van der Waals surface area contributed by atoms with E-state index in [0.717, 1.165) is 29.9 Å². The van der Waals surface area contributed by atoms with Crippen molar-refractivity contribution in [2.24, 2.45) is 0 Å². The molecule has 0 aliphatic rings. The van der Waals surface area contributed by atoms with E-state index >= 15 is 0 Å². The number of hydrogen-bond donors (Lipinski definition) is 0. The molecule has 2 rings (SSSR count). The zero-order chi connectivity index (χ0) is 28.3. The van der Waals surface area contributed by atoms with Gasteiger partial charge in [0.25, 0.3) is 0 Å². The fraction of sp³-hybridized carbons (Fsp3) is 0.519. The number of anilines is 2. The van der Waals surface area contributed by atoms with Crippen molar-refractivity contribution in [2.75, 3.05) is 82.8 Å². The number of rotatable bonds is 15. The highest BCUT2D eigenvalue weighted by Crippen LogP contribution is 2.33. The number of benzene rings is 1. The molecular formula is C27H38N6O3S2. The Morgan fingerprint density at radius 2 is 1.63 bits per heavy atom. The first-order valence-electron chi connectivity index (χ1n) is 12.4. The van der Waals surface area contributed by atoms with E-state index in [0.29, 0.717) is 53.8 Å². The first-order valence-corrected chi connectivity index (χ1v) is 15.4. The van der Waals surface area contributed by atoms with Crippen LogP contribution < -0.4 is 9.80 Å². The molecular weight excluding hydrogens is 520 g/mol. The van der Waals surface area contributed by atoms with Gasteiger partial charge in [-0.1, -0.05) is 19.1 Å². The number of thioether (sulfide) groups is 1. The molecule has 206 valence electrons. The summed E-state index contributed by atoms with van der Waals surface area (Å²) in [4.78, 5) is 10.9. The Hall–Kier alpha value is -2.83. The van der Waals surface area contributed by atoms with Crippen molar-refractivity contribution < 1.29 is 13.2 Å². The van der Waals surface area contributed by atoms with Crippen molar-refractivity contribution in [3.8, 4) is 12.1 Å². The summed E-state index contributed by atoms with van der Waals surface area (Å²) in [6, 6.07) is 12.5. The fourth-order valence-electron chi connectivity index (χ4n) is 3.78. The second-order valence-corrected chi connectivity index (χ2v) is 12.5. The average molecular weight is 559 g/mol. The molecule has 9 nitrogen and oxygen atoms in total. The number of nitrogens with zero attached hydrogens (tertiary/aromatic N) is 6. The van der Waals surface area contributed by atoms with Crippen molar-refractivity contribution in [1.29, 1.82) is 10.5 Å². The van der Waals surface area contributed by atoms with Gasteiger partial charge in [-0.25, -0.2) is 13.4 Å². The number of hydrogen-bond acceptors (Lipinski definition) is 10. The van der Waals surface area contributed by atoms with Gasteiger partial charge in [-0.15, -0.1) is 11.8 Å². The Morgan fingerprint density at radius 1 is 0.974 bits per heavy atom. The number of aromatic nitrogens is 1. The maximum atomic E-state index is 11.5. The molecule has 1 aromatic carbocycles. The van der Waals surface area contributed by atoms with Crippen molar-refractivity contribution in [1.82, 2.24) is 9.88 Å². The molecule has 0 fully saturated rings. The van der Waals surface area contributed by atoms with E-state index in [-0.39, 0.29) is 5.75 Å². The van der Waals surface area contributed by atoms with Gasteiger partial charge in [-0.05, 0) is 36.7 Å². The molecule has 0 amide bonds. The van der Waals surface area contributed by atoms with Crippen LogP contribution in [-0.2, 0) is 26.7 Å². The lowest BCUT2D eigenvalue weighted by atomic mass is 10.0. The summed E-state index contributed by atoms with van der Waals surface area (Å²) in [7, 11) is 4.48. The first-order chi connectivity index (χ1) is 18.0. The topological polar surface area (TPSA) is 114 Å². The molecule has 1 heterocycles. The summed E-state index contributed by atoms with van der Waals surface area (Å²) in [5, 5.41) is 20.5. The van der Waals surface area contributed by atoms with Gasteiger partial charge < -0.3 is 19.4 Å². The zero-order valence-corrected chi connectivity index (χ0v) is 24.8. The van der Waals surface area contributed by atoms with E-state index in [1.165, 1.54) is 18.0 Å². The Kier molecular flexibility index (Phi) is 12.3. The van der Waals surface area contributed by atoms with E-state index in [9.17, 15) is 18.9 Å². The van der Waals surface area contributed by atoms with Gasteiger partial charge in [-0.2, -0.15) is 10.5 Å². The molecule has 0 saturated carbocycles. The van der Waals surface area contributed by atoms with E-state index in [2.05, 4.69) is 17.0 Å². The smallest absolute Gasteiger partial charge is 0.149 e. The van der Waals surface area contributed by atoms with Crippen LogP contribution >= 0.6 is 11.8 Å². The van der Waals surface area contributed by atoms with Gasteiger partial charge in [-0.3, -0.25) is 0 Å². The van der Waals surface area contributed by atoms with Gasteiger partial charge in [0.1, 0.15) is 32.8 Å². The van der Waals surface area contributed by atoms with Crippen LogP contribution in [0.4, 0.5) is 11.5 Å². The minimum absolute atomic E-state index is 0.0996. The van der Waals surface area contributed by atoms with Crippen molar-refractivity contribution in [3.63, 3.8) is 0 Å². The molecule has 0 aliphatic carbocycles. The monoisotopic (exact) mass is 558 g/mol. The van der Waals surface area contributed by atoms with Crippen LogP contribution in [0.1, 0.15) is 29.2 Å². The summed E-state index contributed by atoms with van der Waals surface area (Å²) in [6.07, 6.45) is 1.80. The Morgan fingerprint density at radius 3 is 2.18 bits per heavy atom. The van der Waals surface area contributed by atoms with Gasteiger partial charge in [0.15, 0.2) is 0 Å². The summed E-state index contributed by atoms with van der Waals surface area (Å²) in [5.74, 6) is 1.30.